The van der Waals surface area contributed by atoms with Crippen LogP contribution in [0.4, 0.5) is 11.6 Å². The van der Waals surface area contributed by atoms with Crippen molar-refractivity contribution in [1.82, 2.24) is 15.0 Å². The highest BCUT2D eigenvalue weighted by atomic mass is 16.3. The van der Waals surface area contributed by atoms with Gasteiger partial charge in [-0.25, -0.2) is 9.97 Å². The molecule has 1 aromatic carbocycles. The van der Waals surface area contributed by atoms with Crippen molar-refractivity contribution in [3.8, 4) is 5.75 Å². The number of nitrogens with zero attached hydrogens (tertiary/aromatic N) is 5. The first-order valence-electron chi connectivity index (χ1n) is 10.6. The molecule has 0 saturated carbocycles. The van der Waals surface area contributed by atoms with Crippen LogP contribution in [-0.4, -0.2) is 39.1 Å². The van der Waals surface area contributed by atoms with Crippen LogP contribution in [0.15, 0.2) is 54.7 Å². The molecule has 3 heterocycles. The van der Waals surface area contributed by atoms with E-state index >= 15 is 0 Å². The third kappa shape index (κ3) is 4.82. The Bertz CT molecular complexity index is 1030. The van der Waals surface area contributed by atoms with Crippen LogP contribution < -0.4 is 9.80 Å². The van der Waals surface area contributed by atoms with Crippen molar-refractivity contribution in [2.45, 2.75) is 33.2 Å². The largest absolute Gasteiger partial charge is 0.506 e. The van der Waals surface area contributed by atoms with Gasteiger partial charge in [0.1, 0.15) is 5.75 Å². The van der Waals surface area contributed by atoms with E-state index in [9.17, 15) is 9.90 Å². The van der Waals surface area contributed by atoms with E-state index in [2.05, 4.69) is 19.9 Å². The van der Waals surface area contributed by atoms with E-state index in [-0.39, 0.29) is 17.6 Å². The first kappa shape index (κ1) is 20.8. The Morgan fingerprint density at radius 3 is 2.39 bits per heavy atom. The minimum atomic E-state index is -0.134. The van der Waals surface area contributed by atoms with E-state index in [1.54, 1.807) is 29.3 Å². The quantitative estimate of drug-likeness (QED) is 0.682. The van der Waals surface area contributed by atoms with Gasteiger partial charge >= 0.3 is 0 Å². The molecule has 1 amide bonds. The molecule has 0 unspecified atom stereocenters. The summed E-state index contributed by atoms with van der Waals surface area (Å²) in [7, 11) is 0. The molecule has 160 valence electrons. The summed E-state index contributed by atoms with van der Waals surface area (Å²) in [5.74, 6) is 0.695. The van der Waals surface area contributed by atoms with Gasteiger partial charge in [-0.2, -0.15) is 0 Å². The lowest BCUT2D eigenvalue weighted by molar-refractivity contribution is -0.123. The predicted molar refractivity (Wildman–Crippen MR) is 120 cm³/mol. The summed E-state index contributed by atoms with van der Waals surface area (Å²) in [6.07, 6.45) is 3.13. The van der Waals surface area contributed by atoms with E-state index in [0.717, 1.165) is 36.1 Å². The molecule has 1 saturated heterocycles. The summed E-state index contributed by atoms with van der Waals surface area (Å²) in [6, 6.07) is 14.6. The molecule has 0 aliphatic carbocycles. The zero-order valence-corrected chi connectivity index (χ0v) is 17.9. The van der Waals surface area contributed by atoms with Crippen molar-refractivity contribution in [2.75, 3.05) is 22.9 Å². The van der Waals surface area contributed by atoms with Crippen LogP contribution >= 0.6 is 0 Å². The smallest absolute Gasteiger partial charge is 0.230 e. The Kier molecular flexibility index (Phi) is 6.11. The molecule has 7 nitrogen and oxygen atoms in total. The predicted octanol–water partition coefficient (Wildman–Crippen LogP) is 3.64. The van der Waals surface area contributed by atoms with Gasteiger partial charge in [0.2, 0.25) is 11.9 Å². The van der Waals surface area contributed by atoms with Crippen molar-refractivity contribution in [2.24, 2.45) is 5.92 Å². The molecule has 3 aromatic rings. The van der Waals surface area contributed by atoms with Crippen LogP contribution in [0.1, 0.15) is 29.9 Å². The normalized spacial score (nSPS) is 14.5. The average Bonchev–Trinajstić information content (AvgIpc) is 2.78. The third-order valence-corrected chi connectivity index (χ3v) is 5.58. The van der Waals surface area contributed by atoms with Gasteiger partial charge in [-0.3, -0.25) is 9.78 Å². The van der Waals surface area contributed by atoms with E-state index in [1.165, 1.54) is 0 Å². The molecule has 0 spiro atoms. The monoisotopic (exact) mass is 417 g/mol. The number of phenolic OH excluding ortho intramolecular Hbond substituents is 1. The molecule has 1 aliphatic heterocycles. The fraction of sp³-hybridized carbons (Fsp3) is 0.333. The van der Waals surface area contributed by atoms with Gasteiger partial charge in [0, 0.05) is 36.6 Å². The molecule has 1 aliphatic rings. The first-order valence-corrected chi connectivity index (χ1v) is 10.6. The number of amides is 1. The molecule has 0 atom stereocenters. The van der Waals surface area contributed by atoms with Crippen LogP contribution in [0, 0.1) is 19.8 Å². The van der Waals surface area contributed by atoms with Crippen molar-refractivity contribution in [1.29, 1.82) is 0 Å². The van der Waals surface area contributed by atoms with Crippen molar-refractivity contribution < 1.29 is 9.90 Å². The van der Waals surface area contributed by atoms with Crippen LogP contribution in [0.25, 0.3) is 0 Å². The Hall–Kier alpha value is -3.48. The number of phenols is 1. The number of aromatic nitrogens is 3. The zero-order chi connectivity index (χ0) is 21.8. The molecule has 4 rings (SSSR count). The average molecular weight is 418 g/mol. The molecule has 2 aromatic heterocycles. The number of aromatic hydroxyl groups is 1. The number of anilines is 2. The Morgan fingerprint density at radius 2 is 1.74 bits per heavy atom. The standard InChI is InChI=1S/C24H27N5O2/c1-17-15-18(2)27-24(26-17)28-13-10-19(11-14-28)23(31)29(16-20-7-5-6-12-25-20)21-8-3-4-9-22(21)30/h3-9,12,15,19,30H,10-11,13-14,16H2,1-2H3. The minimum Gasteiger partial charge on any atom is -0.506 e. The number of hydrogen-bond acceptors (Lipinski definition) is 6. The van der Waals surface area contributed by atoms with Gasteiger partial charge in [0.15, 0.2) is 0 Å². The first-order chi connectivity index (χ1) is 15.0. The van der Waals surface area contributed by atoms with Gasteiger partial charge in [-0.05, 0) is 57.0 Å². The maximum absolute atomic E-state index is 13.5. The van der Waals surface area contributed by atoms with Crippen molar-refractivity contribution in [3.05, 3.63) is 71.8 Å². The summed E-state index contributed by atoms with van der Waals surface area (Å²) in [4.78, 5) is 30.8. The second-order valence-corrected chi connectivity index (χ2v) is 7.95. The van der Waals surface area contributed by atoms with E-state index in [4.69, 9.17) is 0 Å². The topological polar surface area (TPSA) is 82.5 Å². The Labute approximate surface area is 182 Å². The molecule has 0 bridgehead atoms. The van der Waals surface area contributed by atoms with Crippen molar-refractivity contribution in [3.63, 3.8) is 0 Å². The summed E-state index contributed by atoms with van der Waals surface area (Å²) < 4.78 is 0. The highest BCUT2D eigenvalue weighted by Gasteiger charge is 2.31. The summed E-state index contributed by atoms with van der Waals surface area (Å²) in [6.45, 7) is 5.69. The molecular formula is C24H27N5O2. The van der Waals surface area contributed by atoms with Crippen LogP contribution in [0.2, 0.25) is 0 Å². The number of hydrogen-bond donors (Lipinski definition) is 1. The van der Waals surface area contributed by atoms with E-state index in [1.807, 2.05) is 44.2 Å². The number of benzene rings is 1. The van der Waals surface area contributed by atoms with Gasteiger partial charge in [0.25, 0.3) is 0 Å². The summed E-state index contributed by atoms with van der Waals surface area (Å²) >= 11 is 0. The Balaban J connectivity index is 1.52. The zero-order valence-electron chi connectivity index (χ0n) is 17.9. The van der Waals surface area contributed by atoms with Gasteiger partial charge < -0.3 is 14.9 Å². The molecule has 0 radical (unpaired) electrons. The van der Waals surface area contributed by atoms with E-state index in [0.29, 0.717) is 25.1 Å². The van der Waals surface area contributed by atoms with Crippen LogP contribution in [-0.2, 0) is 11.3 Å². The van der Waals surface area contributed by atoms with Gasteiger partial charge in [0.05, 0.1) is 17.9 Å². The number of piperidine rings is 1. The van der Waals surface area contributed by atoms with Gasteiger partial charge in [-0.15, -0.1) is 0 Å². The number of rotatable bonds is 5. The lowest BCUT2D eigenvalue weighted by Gasteiger charge is -2.34. The number of para-hydroxylation sites is 2. The molecule has 7 heteroatoms. The molecule has 1 fully saturated rings. The fourth-order valence-corrected chi connectivity index (χ4v) is 4.02. The summed E-state index contributed by atoms with van der Waals surface area (Å²) in [5, 5.41) is 10.4. The number of carbonyl (C=O) groups excluding carboxylic acids is 1. The maximum atomic E-state index is 13.5. The molecular weight excluding hydrogens is 390 g/mol. The van der Waals surface area contributed by atoms with Crippen LogP contribution in [0.3, 0.4) is 0 Å². The van der Waals surface area contributed by atoms with Gasteiger partial charge in [-0.1, -0.05) is 18.2 Å². The number of pyridine rings is 1. The highest BCUT2D eigenvalue weighted by Crippen LogP contribution is 2.31. The van der Waals surface area contributed by atoms with E-state index < -0.39 is 0 Å². The second-order valence-electron chi connectivity index (χ2n) is 7.95. The lowest BCUT2D eigenvalue weighted by atomic mass is 9.95. The summed E-state index contributed by atoms with van der Waals surface area (Å²) in [5.41, 5.74) is 3.18. The molecule has 1 N–H and O–H groups in total. The minimum absolute atomic E-state index is 0.00754. The molecule has 31 heavy (non-hydrogen) atoms. The SMILES string of the molecule is Cc1cc(C)nc(N2CCC(C(=O)N(Cc3ccccn3)c3ccccc3O)CC2)n1. The number of aryl methyl sites for hydroxylation is 2. The highest BCUT2D eigenvalue weighted by molar-refractivity contribution is 5.96. The second kappa shape index (κ2) is 9.12. The maximum Gasteiger partial charge on any atom is 0.230 e. The van der Waals surface area contributed by atoms with Crippen molar-refractivity contribution >= 4 is 17.5 Å². The third-order valence-electron chi connectivity index (χ3n) is 5.58. The fourth-order valence-electron chi connectivity index (χ4n) is 4.02. The lowest BCUT2D eigenvalue weighted by Crippen LogP contribution is -2.43. The van der Waals surface area contributed by atoms with Crippen LogP contribution in [0.5, 0.6) is 5.75 Å². The number of carbonyl (C=O) groups is 1. The Morgan fingerprint density at radius 1 is 1.06 bits per heavy atom.